The second-order valence-corrected chi connectivity index (χ2v) is 5.35. The Bertz CT molecular complexity index is 309. The molecule has 1 aromatic rings. The molecule has 0 nitrogen and oxygen atoms in total. The number of hydrogen-bond acceptors (Lipinski definition) is 0. The molecule has 12 heavy (non-hydrogen) atoms. The van der Waals surface area contributed by atoms with Crippen LogP contribution in [0.2, 0.25) is 0 Å². The van der Waals surface area contributed by atoms with Crippen molar-refractivity contribution in [1.82, 2.24) is 0 Å². The van der Waals surface area contributed by atoms with Crippen LogP contribution in [-0.4, -0.2) is 15.0 Å². The average molecular weight is 222 g/mol. The van der Waals surface area contributed by atoms with Crippen LogP contribution >= 0.6 is 0 Å². The van der Waals surface area contributed by atoms with Crippen LogP contribution in [0, 0.1) is 0 Å². The van der Waals surface area contributed by atoms with Gasteiger partial charge in [0.15, 0.2) is 0 Å². The van der Waals surface area contributed by atoms with Gasteiger partial charge in [-0.1, -0.05) is 0 Å². The first kappa shape index (κ1) is 7.85. The van der Waals surface area contributed by atoms with E-state index in [4.69, 9.17) is 0 Å². The summed E-state index contributed by atoms with van der Waals surface area (Å²) in [4.78, 5) is 0. The molecule has 61 valence electrons. The third-order valence-electron chi connectivity index (χ3n) is 1.77. The van der Waals surface area contributed by atoms with Crippen LogP contribution in [0.5, 0.6) is 0 Å². The molecule has 0 aromatic heterocycles. The summed E-state index contributed by atoms with van der Waals surface area (Å²) in [7, 11) is 0. The van der Waals surface area contributed by atoms with E-state index in [1.165, 1.54) is 8.93 Å². The molecule has 0 heterocycles. The summed E-state index contributed by atoms with van der Waals surface area (Å²) < 4.78 is 3.03. The third-order valence-corrected chi connectivity index (χ3v) is 4.17. The minimum absolute atomic E-state index is 0.243. The van der Waals surface area contributed by atoms with Gasteiger partial charge in [-0.25, -0.2) is 0 Å². The van der Waals surface area contributed by atoms with E-state index in [9.17, 15) is 0 Å². The van der Waals surface area contributed by atoms with Gasteiger partial charge in [0.2, 0.25) is 0 Å². The fourth-order valence-electron chi connectivity index (χ4n) is 1.18. The molecular weight excluding hydrogens is 211 g/mol. The van der Waals surface area contributed by atoms with Crippen LogP contribution in [0.4, 0.5) is 0 Å². The van der Waals surface area contributed by atoms with Gasteiger partial charge in [-0.3, -0.25) is 0 Å². The van der Waals surface area contributed by atoms with Crippen molar-refractivity contribution >= 4 is 19.4 Å². The first-order chi connectivity index (χ1) is 5.95. The minimum atomic E-state index is 0.243. The summed E-state index contributed by atoms with van der Waals surface area (Å²) in [6.45, 7) is 0. The predicted molar refractivity (Wildman–Crippen MR) is 55.1 cm³/mol. The average Bonchev–Trinajstić information content (AvgIpc) is 2.59. The van der Waals surface area contributed by atoms with Gasteiger partial charge >= 0.3 is 78.9 Å². The molecular formula is C11H11Se. The summed E-state index contributed by atoms with van der Waals surface area (Å²) in [5, 5.41) is 0. The molecule has 0 fully saturated rings. The normalized spacial score (nSPS) is 14.8. The SMILES string of the molecule is C1=CC([SeH]c2ccccc2)=CC1. The zero-order valence-corrected chi connectivity index (χ0v) is 8.65. The number of rotatable bonds is 2. The second kappa shape index (κ2) is 3.75. The summed E-state index contributed by atoms with van der Waals surface area (Å²) in [6, 6.07) is 10.7. The topological polar surface area (TPSA) is 0 Å². The van der Waals surface area contributed by atoms with Crippen LogP contribution in [0.3, 0.4) is 0 Å². The Hall–Kier alpha value is -0.781. The quantitative estimate of drug-likeness (QED) is 0.666. The molecule has 1 heteroatoms. The summed E-state index contributed by atoms with van der Waals surface area (Å²) in [6.07, 6.45) is 7.95. The fraction of sp³-hybridized carbons (Fsp3) is 0.0909. The van der Waals surface area contributed by atoms with Gasteiger partial charge in [-0.15, -0.1) is 0 Å². The predicted octanol–water partition coefficient (Wildman–Crippen LogP) is 1.59. The molecule has 0 unspecified atom stereocenters. The van der Waals surface area contributed by atoms with Gasteiger partial charge in [0, 0.05) is 0 Å². The van der Waals surface area contributed by atoms with Crippen molar-refractivity contribution in [2.45, 2.75) is 6.42 Å². The third kappa shape index (κ3) is 1.88. The van der Waals surface area contributed by atoms with E-state index in [0.29, 0.717) is 0 Å². The van der Waals surface area contributed by atoms with Crippen molar-refractivity contribution in [2.24, 2.45) is 0 Å². The van der Waals surface area contributed by atoms with Gasteiger partial charge in [-0.2, -0.15) is 0 Å². The van der Waals surface area contributed by atoms with E-state index in [-0.39, 0.29) is 15.0 Å². The molecule has 1 aliphatic rings. The monoisotopic (exact) mass is 223 g/mol. The zero-order valence-electron chi connectivity index (χ0n) is 6.77. The summed E-state index contributed by atoms with van der Waals surface area (Å²) >= 11 is 0.243. The molecule has 0 atom stereocenters. The fourth-order valence-corrected chi connectivity index (χ4v) is 3.27. The van der Waals surface area contributed by atoms with Gasteiger partial charge in [0.25, 0.3) is 0 Å². The molecule has 0 aliphatic heterocycles. The Morgan fingerprint density at radius 2 is 1.92 bits per heavy atom. The van der Waals surface area contributed by atoms with E-state index in [1.807, 2.05) is 0 Å². The van der Waals surface area contributed by atoms with Crippen molar-refractivity contribution in [3.8, 4) is 0 Å². The molecule has 0 saturated heterocycles. The molecule has 1 aromatic carbocycles. The van der Waals surface area contributed by atoms with Crippen LogP contribution < -0.4 is 4.46 Å². The van der Waals surface area contributed by atoms with Crippen LogP contribution in [0.25, 0.3) is 0 Å². The molecule has 1 radical (unpaired) electrons. The summed E-state index contributed by atoms with van der Waals surface area (Å²) in [5.74, 6) is 0. The Balaban J connectivity index is 2.09. The van der Waals surface area contributed by atoms with E-state index in [2.05, 4.69) is 48.6 Å². The number of allylic oxidation sites excluding steroid dienone is 4. The Labute approximate surface area is 79.2 Å². The Kier molecular flexibility index (Phi) is 2.45. The van der Waals surface area contributed by atoms with E-state index < -0.39 is 0 Å². The van der Waals surface area contributed by atoms with Gasteiger partial charge in [-0.05, 0) is 0 Å². The molecule has 0 saturated carbocycles. The van der Waals surface area contributed by atoms with E-state index in [1.54, 1.807) is 0 Å². The maximum absolute atomic E-state index is 2.33. The Morgan fingerprint density at radius 3 is 2.58 bits per heavy atom. The number of benzene rings is 1. The number of hydrogen-bond donors (Lipinski definition) is 0. The Morgan fingerprint density at radius 1 is 1.08 bits per heavy atom. The van der Waals surface area contributed by atoms with Crippen molar-refractivity contribution in [2.75, 3.05) is 0 Å². The standard InChI is InChI=1S/C11H11Se/c1-2-6-10(7-3-1)12-11-8-4-5-9-11/h1-4,6-9,12H,5H2. The molecule has 2 rings (SSSR count). The van der Waals surface area contributed by atoms with Gasteiger partial charge in [0.1, 0.15) is 0 Å². The molecule has 0 amide bonds. The van der Waals surface area contributed by atoms with Crippen LogP contribution in [0.15, 0.2) is 53.0 Å². The zero-order chi connectivity index (χ0) is 8.23. The van der Waals surface area contributed by atoms with Crippen molar-refractivity contribution < 1.29 is 0 Å². The van der Waals surface area contributed by atoms with Crippen LogP contribution in [0.1, 0.15) is 6.42 Å². The van der Waals surface area contributed by atoms with Gasteiger partial charge in [0.05, 0.1) is 0 Å². The molecule has 0 N–H and O–H groups in total. The van der Waals surface area contributed by atoms with Crippen molar-refractivity contribution in [3.63, 3.8) is 0 Å². The first-order valence-corrected chi connectivity index (χ1v) is 5.96. The maximum atomic E-state index is 2.33. The molecule has 0 spiro atoms. The van der Waals surface area contributed by atoms with Gasteiger partial charge < -0.3 is 0 Å². The van der Waals surface area contributed by atoms with Crippen molar-refractivity contribution in [3.05, 3.63) is 53.0 Å². The molecule has 0 bridgehead atoms. The van der Waals surface area contributed by atoms with E-state index >= 15 is 0 Å². The first-order valence-electron chi connectivity index (χ1n) is 4.09. The van der Waals surface area contributed by atoms with Crippen molar-refractivity contribution in [1.29, 1.82) is 0 Å². The second-order valence-electron chi connectivity index (χ2n) is 2.71. The summed E-state index contributed by atoms with van der Waals surface area (Å²) in [5.41, 5.74) is 0. The molecule has 1 aliphatic carbocycles. The van der Waals surface area contributed by atoms with Crippen LogP contribution in [-0.2, 0) is 0 Å². The van der Waals surface area contributed by atoms with E-state index in [0.717, 1.165) is 6.42 Å².